The fraction of sp³-hybridized carbons (Fsp3) is 0.867. The van der Waals surface area contributed by atoms with Crippen molar-refractivity contribution >= 4 is 12.1 Å². The van der Waals surface area contributed by atoms with E-state index in [1.54, 1.807) is 0 Å². The van der Waals surface area contributed by atoms with Crippen molar-refractivity contribution < 1.29 is 19.4 Å². The second-order valence-corrected chi connectivity index (χ2v) is 6.42. The van der Waals surface area contributed by atoms with Gasteiger partial charge in [-0.25, -0.2) is 0 Å². The minimum Gasteiger partial charge on any atom is -0.365 e. The van der Waals surface area contributed by atoms with E-state index in [1.165, 1.54) is 0 Å². The molecule has 106 valence electrons. The highest BCUT2D eigenvalue weighted by Gasteiger charge is 2.56. The van der Waals surface area contributed by atoms with Gasteiger partial charge in [-0.2, -0.15) is 0 Å². The first-order valence-electron chi connectivity index (χ1n) is 7.52. The highest BCUT2D eigenvalue weighted by atomic mass is 16.6. The van der Waals surface area contributed by atoms with Crippen LogP contribution in [-0.4, -0.2) is 28.6 Å². The summed E-state index contributed by atoms with van der Waals surface area (Å²) in [5.74, 6) is -1.59. The second-order valence-electron chi connectivity index (χ2n) is 6.42. The Labute approximate surface area is 113 Å². The molecule has 1 N–H and O–H groups in total. The number of ketones is 1. The van der Waals surface area contributed by atoms with E-state index < -0.39 is 17.3 Å². The third kappa shape index (κ3) is 2.05. The predicted molar refractivity (Wildman–Crippen MR) is 68.4 cm³/mol. The normalized spacial score (nSPS) is 46.9. The molecule has 0 amide bonds. The molecule has 0 aromatic rings. The van der Waals surface area contributed by atoms with E-state index in [0.717, 1.165) is 38.4 Å². The lowest BCUT2D eigenvalue weighted by molar-refractivity contribution is -0.322. The Morgan fingerprint density at radius 2 is 1.95 bits per heavy atom. The van der Waals surface area contributed by atoms with Gasteiger partial charge in [0.2, 0.25) is 0 Å². The van der Waals surface area contributed by atoms with Crippen molar-refractivity contribution in [3.05, 3.63) is 0 Å². The van der Waals surface area contributed by atoms with Crippen LogP contribution in [0.3, 0.4) is 0 Å². The summed E-state index contributed by atoms with van der Waals surface area (Å²) < 4.78 is 6.00. The van der Waals surface area contributed by atoms with Gasteiger partial charge in [-0.15, -0.1) is 0 Å². The van der Waals surface area contributed by atoms with Crippen LogP contribution >= 0.6 is 0 Å². The van der Waals surface area contributed by atoms with Gasteiger partial charge in [-0.3, -0.25) is 4.79 Å². The van der Waals surface area contributed by atoms with Crippen LogP contribution in [0, 0.1) is 11.8 Å². The Morgan fingerprint density at radius 1 is 1.11 bits per heavy atom. The number of carbonyl (C=O) groups excluding carboxylic acids is 2. The van der Waals surface area contributed by atoms with Gasteiger partial charge in [0.05, 0.1) is 5.92 Å². The maximum absolute atomic E-state index is 12.5. The lowest BCUT2D eigenvalue weighted by Crippen LogP contribution is -2.60. The zero-order valence-electron chi connectivity index (χ0n) is 11.3. The van der Waals surface area contributed by atoms with Crippen molar-refractivity contribution in [3.63, 3.8) is 0 Å². The molecule has 4 heteroatoms. The predicted octanol–water partition coefficient (Wildman–Crippen LogP) is 1.98. The topological polar surface area (TPSA) is 63.6 Å². The summed E-state index contributed by atoms with van der Waals surface area (Å²) in [5, 5.41) is 10.7. The molecule has 4 unspecified atom stereocenters. The van der Waals surface area contributed by atoms with E-state index in [2.05, 4.69) is 0 Å². The van der Waals surface area contributed by atoms with E-state index in [9.17, 15) is 14.7 Å². The number of aldehydes is 1. The molecule has 1 spiro atoms. The molecule has 19 heavy (non-hydrogen) atoms. The first-order valence-corrected chi connectivity index (χ1v) is 7.52. The maximum atomic E-state index is 12.5. The number of Topliss-reactive ketones (excluding diaryl/α,β-unsaturated/α-hetero) is 1. The Kier molecular flexibility index (Phi) is 3.26. The molecule has 0 aromatic carbocycles. The maximum Gasteiger partial charge on any atom is 0.174 e. The molecule has 4 nitrogen and oxygen atoms in total. The molecule has 0 bridgehead atoms. The number of rotatable bonds is 1. The molecule has 0 aromatic heterocycles. The first-order chi connectivity index (χ1) is 9.10. The van der Waals surface area contributed by atoms with E-state index in [4.69, 9.17) is 4.74 Å². The number of hydrogen-bond acceptors (Lipinski definition) is 4. The zero-order chi connectivity index (χ0) is 13.5. The number of hydrogen-bond donors (Lipinski definition) is 1. The molecule has 3 aliphatic rings. The molecule has 2 aliphatic carbocycles. The Bertz CT molecular complexity index is 394. The van der Waals surface area contributed by atoms with Gasteiger partial charge < -0.3 is 14.6 Å². The fourth-order valence-electron chi connectivity index (χ4n) is 4.18. The number of ether oxygens (including phenoxy) is 1. The average Bonchev–Trinajstić information content (AvgIpc) is 2.41. The SMILES string of the molecule is O=CC1CCCC2(CCC3CCCCC3(O)O2)C1=O. The Hall–Kier alpha value is -0.740. The summed E-state index contributed by atoms with van der Waals surface area (Å²) in [5.41, 5.74) is -0.883. The van der Waals surface area contributed by atoms with Crippen molar-refractivity contribution in [2.24, 2.45) is 11.8 Å². The summed E-state index contributed by atoms with van der Waals surface area (Å²) in [7, 11) is 0. The molecule has 2 saturated carbocycles. The quantitative estimate of drug-likeness (QED) is 0.582. The van der Waals surface area contributed by atoms with E-state index in [0.29, 0.717) is 25.7 Å². The molecule has 0 radical (unpaired) electrons. The summed E-state index contributed by atoms with van der Waals surface area (Å²) in [6.45, 7) is 0. The van der Waals surface area contributed by atoms with Gasteiger partial charge >= 0.3 is 0 Å². The molecule has 4 atom stereocenters. The molecule has 1 saturated heterocycles. The largest absolute Gasteiger partial charge is 0.365 e. The smallest absolute Gasteiger partial charge is 0.174 e. The second kappa shape index (κ2) is 4.67. The van der Waals surface area contributed by atoms with Crippen LogP contribution < -0.4 is 0 Å². The standard InChI is InChI=1S/C15H22O4/c16-10-11-4-3-7-14(13(11)17)9-6-12-5-1-2-8-15(12,18)19-14/h10-12,18H,1-9H2. The highest BCUT2D eigenvalue weighted by Crippen LogP contribution is 2.49. The molecular weight excluding hydrogens is 244 g/mol. The summed E-state index contributed by atoms with van der Waals surface area (Å²) in [6.07, 6.45) is 8.08. The van der Waals surface area contributed by atoms with Gasteiger partial charge in [-0.05, 0) is 44.9 Å². The van der Waals surface area contributed by atoms with Crippen molar-refractivity contribution in [3.8, 4) is 0 Å². The van der Waals surface area contributed by atoms with Crippen LogP contribution in [0.15, 0.2) is 0 Å². The van der Waals surface area contributed by atoms with Crippen molar-refractivity contribution in [2.75, 3.05) is 0 Å². The van der Waals surface area contributed by atoms with Crippen LogP contribution in [0.2, 0.25) is 0 Å². The fourth-order valence-corrected chi connectivity index (χ4v) is 4.18. The van der Waals surface area contributed by atoms with Crippen LogP contribution in [0.5, 0.6) is 0 Å². The third-order valence-electron chi connectivity index (χ3n) is 5.29. The lowest BCUT2D eigenvalue weighted by Gasteiger charge is -2.52. The number of fused-ring (bicyclic) bond motifs is 1. The van der Waals surface area contributed by atoms with E-state index in [-0.39, 0.29) is 11.7 Å². The van der Waals surface area contributed by atoms with Crippen molar-refractivity contribution in [2.45, 2.75) is 69.2 Å². The number of aliphatic hydroxyl groups is 1. The molecule has 1 heterocycles. The zero-order valence-corrected chi connectivity index (χ0v) is 11.3. The van der Waals surface area contributed by atoms with E-state index >= 15 is 0 Å². The number of carbonyl (C=O) groups is 2. The van der Waals surface area contributed by atoms with Gasteiger partial charge in [0, 0.05) is 12.3 Å². The minimum absolute atomic E-state index is 0.0915. The van der Waals surface area contributed by atoms with E-state index in [1.807, 2.05) is 0 Å². The van der Waals surface area contributed by atoms with Crippen LogP contribution in [0.4, 0.5) is 0 Å². The highest BCUT2D eigenvalue weighted by molar-refractivity contribution is 5.99. The monoisotopic (exact) mass is 266 g/mol. The molecule has 3 fully saturated rings. The molecular formula is C15H22O4. The van der Waals surface area contributed by atoms with Crippen LogP contribution in [0.1, 0.15) is 57.8 Å². The van der Waals surface area contributed by atoms with Gasteiger partial charge in [0.15, 0.2) is 11.6 Å². The summed E-state index contributed by atoms with van der Waals surface area (Å²) in [6, 6.07) is 0. The summed E-state index contributed by atoms with van der Waals surface area (Å²) >= 11 is 0. The van der Waals surface area contributed by atoms with Crippen molar-refractivity contribution in [1.29, 1.82) is 0 Å². The van der Waals surface area contributed by atoms with Crippen LogP contribution in [-0.2, 0) is 14.3 Å². The summed E-state index contributed by atoms with van der Waals surface area (Å²) in [4.78, 5) is 23.5. The third-order valence-corrected chi connectivity index (χ3v) is 5.29. The molecule has 3 rings (SSSR count). The first kappa shape index (κ1) is 13.3. The van der Waals surface area contributed by atoms with Crippen molar-refractivity contribution in [1.82, 2.24) is 0 Å². The molecule has 1 aliphatic heterocycles. The Balaban J connectivity index is 1.85. The Morgan fingerprint density at radius 3 is 2.74 bits per heavy atom. The van der Waals surface area contributed by atoms with Gasteiger partial charge in [0.1, 0.15) is 11.9 Å². The average molecular weight is 266 g/mol. The van der Waals surface area contributed by atoms with Gasteiger partial charge in [-0.1, -0.05) is 6.42 Å². The minimum atomic E-state index is -1.13. The lowest BCUT2D eigenvalue weighted by atomic mass is 9.68. The van der Waals surface area contributed by atoms with Crippen LogP contribution in [0.25, 0.3) is 0 Å². The van der Waals surface area contributed by atoms with Gasteiger partial charge in [0.25, 0.3) is 0 Å².